The second kappa shape index (κ2) is 7.57. The molecule has 3 aromatic rings. The smallest absolute Gasteiger partial charge is 0.348 e. The molecule has 0 unspecified atom stereocenters. The molecular weight excluding hydrogens is 404 g/mol. The molecule has 0 aliphatic carbocycles. The molecule has 11 heteroatoms. The van der Waals surface area contributed by atoms with Gasteiger partial charge in [0.25, 0.3) is 5.91 Å². The van der Waals surface area contributed by atoms with Crippen molar-refractivity contribution in [2.75, 3.05) is 0 Å². The van der Waals surface area contributed by atoms with Gasteiger partial charge in [0.2, 0.25) is 5.82 Å². The van der Waals surface area contributed by atoms with Crippen LogP contribution < -0.4 is 5.32 Å². The lowest BCUT2D eigenvalue weighted by Crippen LogP contribution is -2.25. The fourth-order valence-corrected chi connectivity index (χ4v) is 2.43. The highest BCUT2D eigenvalue weighted by Crippen LogP contribution is 2.32. The van der Waals surface area contributed by atoms with E-state index in [1.165, 1.54) is 36.4 Å². The highest BCUT2D eigenvalue weighted by atomic mass is 19.4. The summed E-state index contributed by atoms with van der Waals surface area (Å²) in [5.41, 5.74) is -0.818. The maximum Gasteiger partial charge on any atom is 0.471 e. The van der Waals surface area contributed by atoms with Crippen LogP contribution in [0.25, 0.3) is 11.4 Å². The molecule has 0 atom stereocenters. The molecular formula is C18H11F6N3O2. The first-order valence-electron chi connectivity index (χ1n) is 8.00. The molecule has 0 bridgehead atoms. The molecule has 0 saturated heterocycles. The minimum absolute atomic E-state index is 0.0919. The number of carbonyl (C=O) groups excluding carboxylic acids is 1. The lowest BCUT2D eigenvalue weighted by atomic mass is 10.1. The van der Waals surface area contributed by atoms with Crippen molar-refractivity contribution in [2.24, 2.45) is 0 Å². The summed E-state index contributed by atoms with van der Waals surface area (Å²) < 4.78 is 80.6. The summed E-state index contributed by atoms with van der Waals surface area (Å²) >= 11 is 0. The van der Waals surface area contributed by atoms with Crippen molar-refractivity contribution < 1.29 is 35.7 Å². The monoisotopic (exact) mass is 415 g/mol. The van der Waals surface area contributed by atoms with Gasteiger partial charge in [0.1, 0.15) is 0 Å². The van der Waals surface area contributed by atoms with Gasteiger partial charge in [0, 0.05) is 12.1 Å². The van der Waals surface area contributed by atoms with E-state index in [1.807, 2.05) is 0 Å². The van der Waals surface area contributed by atoms with Gasteiger partial charge in [-0.15, -0.1) is 0 Å². The molecule has 2 aromatic carbocycles. The van der Waals surface area contributed by atoms with Crippen molar-refractivity contribution >= 4 is 5.91 Å². The van der Waals surface area contributed by atoms with Crippen LogP contribution in [0.3, 0.4) is 0 Å². The van der Waals surface area contributed by atoms with Crippen LogP contribution in [0.2, 0.25) is 0 Å². The van der Waals surface area contributed by atoms with Gasteiger partial charge in [0.15, 0.2) is 0 Å². The van der Waals surface area contributed by atoms with E-state index >= 15 is 0 Å². The third-order valence-electron chi connectivity index (χ3n) is 3.81. The van der Waals surface area contributed by atoms with Gasteiger partial charge in [-0.05, 0) is 17.7 Å². The quantitative estimate of drug-likeness (QED) is 0.627. The molecule has 0 aliphatic rings. The van der Waals surface area contributed by atoms with E-state index < -0.39 is 35.3 Å². The molecule has 0 saturated carbocycles. The molecule has 0 spiro atoms. The van der Waals surface area contributed by atoms with E-state index in [4.69, 9.17) is 0 Å². The third kappa shape index (κ3) is 4.73. The second-order valence-corrected chi connectivity index (χ2v) is 5.84. The Bertz CT molecular complexity index is 1010. The standard InChI is InChI=1S/C18H11F6N3O2/c19-17(20,21)13-4-2-1-3-12(13)15(28)25-9-10-5-7-11(8-6-10)14-26-16(29-27-14)18(22,23)24/h1-8H,9H2,(H,25,28). The van der Waals surface area contributed by atoms with E-state index in [0.717, 1.165) is 12.1 Å². The molecule has 1 amide bonds. The van der Waals surface area contributed by atoms with Crippen LogP contribution in [0.1, 0.15) is 27.4 Å². The van der Waals surface area contributed by atoms with Crippen molar-refractivity contribution in [2.45, 2.75) is 18.9 Å². The molecule has 5 nitrogen and oxygen atoms in total. The fourth-order valence-electron chi connectivity index (χ4n) is 2.43. The summed E-state index contributed by atoms with van der Waals surface area (Å²) in [5, 5.41) is 5.62. The van der Waals surface area contributed by atoms with Crippen LogP contribution in [0.5, 0.6) is 0 Å². The van der Waals surface area contributed by atoms with Crippen molar-refractivity contribution in [3.05, 3.63) is 71.1 Å². The maximum atomic E-state index is 13.0. The summed E-state index contributed by atoms with van der Waals surface area (Å²) in [6.07, 6.45) is -9.43. The predicted molar refractivity (Wildman–Crippen MR) is 87.4 cm³/mol. The van der Waals surface area contributed by atoms with Crippen molar-refractivity contribution in [1.82, 2.24) is 15.5 Å². The predicted octanol–water partition coefficient (Wildman–Crippen LogP) is 4.70. The van der Waals surface area contributed by atoms with Gasteiger partial charge in [-0.25, -0.2) is 0 Å². The molecule has 1 N–H and O–H groups in total. The summed E-state index contributed by atoms with van der Waals surface area (Å²) in [5.74, 6) is -2.66. The Kier molecular flexibility index (Phi) is 5.31. The Morgan fingerprint density at radius 1 is 0.931 bits per heavy atom. The Morgan fingerprint density at radius 2 is 1.59 bits per heavy atom. The molecule has 1 heterocycles. The van der Waals surface area contributed by atoms with Crippen LogP contribution in [0.15, 0.2) is 53.1 Å². The summed E-state index contributed by atoms with van der Waals surface area (Å²) in [6, 6.07) is 10.1. The first-order valence-corrected chi connectivity index (χ1v) is 8.00. The highest BCUT2D eigenvalue weighted by Gasteiger charge is 2.38. The number of aromatic nitrogens is 2. The fraction of sp³-hybridized carbons (Fsp3) is 0.167. The van der Waals surface area contributed by atoms with Gasteiger partial charge in [0.05, 0.1) is 11.1 Å². The molecule has 3 rings (SSSR count). The number of halogens is 6. The maximum absolute atomic E-state index is 13.0. The van der Waals surface area contributed by atoms with E-state index in [-0.39, 0.29) is 17.9 Å². The zero-order chi connectivity index (χ0) is 21.2. The minimum atomic E-state index is -4.76. The number of rotatable bonds is 4. The van der Waals surface area contributed by atoms with Crippen LogP contribution in [-0.4, -0.2) is 16.0 Å². The van der Waals surface area contributed by atoms with Gasteiger partial charge >= 0.3 is 18.2 Å². The van der Waals surface area contributed by atoms with E-state index in [0.29, 0.717) is 5.56 Å². The van der Waals surface area contributed by atoms with Crippen LogP contribution >= 0.6 is 0 Å². The van der Waals surface area contributed by atoms with E-state index in [9.17, 15) is 31.1 Å². The van der Waals surface area contributed by atoms with Gasteiger partial charge in [-0.3, -0.25) is 4.79 Å². The largest absolute Gasteiger partial charge is 0.471 e. The number of benzene rings is 2. The molecule has 1 aromatic heterocycles. The Morgan fingerprint density at radius 3 is 2.17 bits per heavy atom. The number of alkyl halides is 6. The third-order valence-corrected chi connectivity index (χ3v) is 3.81. The Balaban J connectivity index is 1.68. The average Bonchev–Trinajstić information content (AvgIpc) is 3.16. The molecule has 152 valence electrons. The first kappa shape index (κ1) is 20.4. The van der Waals surface area contributed by atoms with E-state index in [2.05, 4.69) is 20.0 Å². The van der Waals surface area contributed by atoms with Crippen molar-refractivity contribution in [1.29, 1.82) is 0 Å². The molecule has 29 heavy (non-hydrogen) atoms. The Labute approximate surface area is 159 Å². The number of hydrogen-bond donors (Lipinski definition) is 1. The van der Waals surface area contributed by atoms with Crippen LogP contribution in [0.4, 0.5) is 26.3 Å². The van der Waals surface area contributed by atoms with E-state index in [1.54, 1.807) is 0 Å². The normalized spacial score (nSPS) is 12.1. The number of nitrogens with zero attached hydrogens (tertiary/aromatic N) is 2. The lowest BCUT2D eigenvalue weighted by Gasteiger charge is -2.12. The lowest BCUT2D eigenvalue weighted by molar-refractivity contribution is -0.159. The van der Waals surface area contributed by atoms with Crippen molar-refractivity contribution in [3.8, 4) is 11.4 Å². The zero-order valence-corrected chi connectivity index (χ0v) is 14.3. The topological polar surface area (TPSA) is 68.0 Å². The summed E-state index contributed by atoms with van der Waals surface area (Å²) in [4.78, 5) is 15.4. The number of hydrogen-bond acceptors (Lipinski definition) is 4. The highest BCUT2D eigenvalue weighted by molar-refractivity contribution is 5.95. The molecule has 0 aliphatic heterocycles. The van der Waals surface area contributed by atoms with Crippen LogP contribution in [-0.2, 0) is 18.9 Å². The summed E-state index contributed by atoms with van der Waals surface area (Å²) in [7, 11) is 0. The number of amides is 1. The van der Waals surface area contributed by atoms with Gasteiger partial charge in [-0.1, -0.05) is 41.6 Å². The second-order valence-electron chi connectivity index (χ2n) is 5.84. The van der Waals surface area contributed by atoms with Crippen molar-refractivity contribution in [3.63, 3.8) is 0 Å². The summed E-state index contributed by atoms with van der Waals surface area (Å²) in [6.45, 7) is -0.0919. The average molecular weight is 415 g/mol. The first-order chi connectivity index (χ1) is 13.6. The molecule has 0 radical (unpaired) electrons. The number of nitrogens with one attached hydrogen (secondary N) is 1. The van der Waals surface area contributed by atoms with Gasteiger partial charge in [-0.2, -0.15) is 31.3 Å². The SMILES string of the molecule is O=C(NCc1ccc(-c2noc(C(F)(F)F)n2)cc1)c1ccccc1C(F)(F)F. The minimum Gasteiger partial charge on any atom is -0.348 e. The Hall–Kier alpha value is -3.37. The van der Waals surface area contributed by atoms with Gasteiger partial charge < -0.3 is 9.84 Å². The van der Waals surface area contributed by atoms with Crippen LogP contribution in [0, 0.1) is 0 Å². The molecule has 0 fully saturated rings. The zero-order valence-electron chi connectivity index (χ0n) is 14.3. The number of carbonyl (C=O) groups is 1.